The Morgan fingerprint density at radius 1 is 1.11 bits per heavy atom. The van der Waals surface area contributed by atoms with Crippen molar-refractivity contribution >= 4 is 16.6 Å². The molecule has 0 aromatic heterocycles. The largest absolute Gasteiger partial charge is 0.321 e. The average molecular weight is 243 g/mol. The highest BCUT2D eigenvalue weighted by molar-refractivity contribution is 5.84. The maximum atomic E-state index is 11.1. The minimum atomic E-state index is -0.388. The molecule has 0 bridgehead atoms. The number of hydrogen-bond acceptors (Lipinski definition) is 2. The standard InChI is InChI=1S/C14H15NO.C2H6/c1-10(16)14(15)9-11-6-7-12-4-2-3-5-13(12)8-11;1-2/h2-8,14H,9,15H2,1H3;1-2H3. The minimum Gasteiger partial charge on any atom is -0.321 e. The number of rotatable bonds is 3. The van der Waals surface area contributed by atoms with E-state index >= 15 is 0 Å². The lowest BCUT2D eigenvalue weighted by molar-refractivity contribution is -0.118. The van der Waals surface area contributed by atoms with Crippen LogP contribution in [0.25, 0.3) is 10.8 Å². The molecule has 1 atom stereocenters. The predicted octanol–water partition coefficient (Wildman–Crippen LogP) is 3.32. The first-order valence-corrected chi connectivity index (χ1v) is 6.40. The van der Waals surface area contributed by atoms with E-state index in [4.69, 9.17) is 5.73 Å². The van der Waals surface area contributed by atoms with Gasteiger partial charge in [0, 0.05) is 0 Å². The van der Waals surface area contributed by atoms with E-state index in [1.165, 1.54) is 17.7 Å². The van der Waals surface area contributed by atoms with Crippen LogP contribution in [0, 0.1) is 0 Å². The molecule has 2 rings (SSSR count). The normalized spacial score (nSPS) is 11.6. The number of carbonyl (C=O) groups is 1. The third-order valence-electron chi connectivity index (χ3n) is 2.79. The van der Waals surface area contributed by atoms with Gasteiger partial charge in [-0.1, -0.05) is 56.3 Å². The van der Waals surface area contributed by atoms with Gasteiger partial charge < -0.3 is 5.73 Å². The monoisotopic (exact) mass is 243 g/mol. The Labute approximate surface area is 109 Å². The SMILES string of the molecule is CC.CC(=O)C(N)Cc1ccc2ccccc2c1. The zero-order valence-corrected chi connectivity index (χ0v) is 11.3. The molecule has 2 heteroatoms. The first kappa shape index (κ1) is 14.4. The second-order valence-electron chi connectivity index (χ2n) is 4.10. The van der Waals surface area contributed by atoms with E-state index in [1.807, 2.05) is 32.0 Å². The van der Waals surface area contributed by atoms with Gasteiger partial charge in [-0.15, -0.1) is 0 Å². The van der Waals surface area contributed by atoms with Crippen LogP contribution in [0.2, 0.25) is 0 Å². The molecular formula is C16H21NO. The molecule has 1 unspecified atom stereocenters. The topological polar surface area (TPSA) is 43.1 Å². The van der Waals surface area contributed by atoms with Crippen molar-refractivity contribution in [3.63, 3.8) is 0 Å². The molecule has 0 fully saturated rings. The summed E-state index contributed by atoms with van der Waals surface area (Å²) < 4.78 is 0. The van der Waals surface area contributed by atoms with Crippen LogP contribution in [0.1, 0.15) is 26.3 Å². The highest BCUT2D eigenvalue weighted by atomic mass is 16.1. The molecule has 0 saturated carbocycles. The third kappa shape index (κ3) is 3.67. The van der Waals surface area contributed by atoms with Gasteiger partial charge in [-0.2, -0.15) is 0 Å². The minimum absolute atomic E-state index is 0.0353. The van der Waals surface area contributed by atoms with Gasteiger partial charge >= 0.3 is 0 Å². The van der Waals surface area contributed by atoms with Gasteiger partial charge in [0.1, 0.15) is 5.78 Å². The molecular weight excluding hydrogens is 222 g/mol. The molecule has 0 heterocycles. The summed E-state index contributed by atoms with van der Waals surface area (Å²) in [6.07, 6.45) is 0.611. The maximum Gasteiger partial charge on any atom is 0.146 e. The van der Waals surface area contributed by atoms with Crippen molar-refractivity contribution in [3.8, 4) is 0 Å². The zero-order chi connectivity index (χ0) is 13.5. The Bertz CT molecular complexity index is 519. The summed E-state index contributed by atoms with van der Waals surface area (Å²) in [6.45, 7) is 5.53. The molecule has 0 amide bonds. The van der Waals surface area contributed by atoms with Gasteiger partial charge in [-0.05, 0) is 29.7 Å². The Balaban J connectivity index is 0.000000771. The fourth-order valence-corrected chi connectivity index (χ4v) is 1.76. The summed E-state index contributed by atoms with van der Waals surface area (Å²) in [5.41, 5.74) is 6.86. The van der Waals surface area contributed by atoms with E-state index in [2.05, 4.69) is 24.3 Å². The van der Waals surface area contributed by atoms with Gasteiger partial charge in [0.25, 0.3) is 0 Å². The molecule has 0 aliphatic heterocycles. The smallest absolute Gasteiger partial charge is 0.146 e. The summed E-state index contributed by atoms with van der Waals surface area (Å²) in [5, 5.41) is 2.40. The fourth-order valence-electron chi connectivity index (χ4n) is 1.76. The van der Waals surface area contributed by atoms with Crippen LogP contribution in [0.4, 0.5) is 0 Å². The van der Waals surface area contributed by atoms with Crippen molar-refractivity contribution in [3.05, 3.63) is 48.0 Å². The maximum absolute atomic E-state index is 11.1. The highest BCUT2D eigenvalue weighted by Crippen LogP contribution is 2.16. The molecule has 0 spiro atoms. The Kier molecular flexibility index (Phi) is 5.53. The van der Waals surface area contributed by atoms with E-state index < -0.39 is 0 Å². The molecule has 2 aromatic carbocycles. The third-order valence-corrected chi connectivity index (χ3v) is 2.79. The van der Waals surface area contributed by atoms with Crippen LogP contribution in [0.5, 0.6) is 0 Å². The van der Waals surface area contributed by atoms with Crippen LogP contribution in [0.3, 0.4) is 0 Å². The van der Waals surface area contributed by atoms with Crippen LogP contribution < -0.4 is 5.73 Å². The Morgan fingerprint density at radius 2 is 1.72 bits per heavy atom. The van der Waals surface area contributed by atoms with Gasteiger partial charge in [0.15, 0.2) is 0 Å². The summed E-state index contributed by atoms with van der Waals surface area (Å²) in [6, 6.07) is 14.0. The summed E-state index contributed by atoms with van der Waals surface area (Å²) >= 11 is 0. The number of hydrogen-bond donors (Lipinski definition) is 1. The first-order valence-electron chi connectivity index (χ1n) is 6.40. The zero-order valence-electron chi connectivity index (χ0n) is 11.3. The lowest BCUT2D eigenvalue weighted by atomic mass is 10.0. The molecule has 2 aromatic rings. The van der Waals surface area contributed by atoms with Gasteiger partial charge in [-0.3, -0.25) is 4.79 Å². The molecule has 0 radical (unpaired) electrons. The summed E-state index contributed by atoms with van der Waals surface area (Å²) in [5.74, 6) is 0.0353. The molecule has 0 saturated heterocycles. The molecule has 0 aliphatic rings. The summed E-state index contributed by atoms with van der Waals surface area (Å²) in [4.78, 5) is 11.1. The van der Waals surface area contributed by atoms with E-state index in [0.29, 0.717) is 6.42 Å². The van der Waals surface area contributed by atoms with Gasteiger partial charge in [0.05, 0.1) is 6.04 Å². The number of nitrogens with two attached hydrogens (primary N) is 1. The van der Waals surface area contributed by atoms with Crippen molar-refractivity contribution in [1.82, 2.24) is 0 Å². The van der Waals surface area contributed by atoms with Crippen LogP contribution in [-0.4, -0.2) is 11.8 Å². The number of fused-ring (bicyclic) bond motifs is 1. The van der Waals surface area contributed by atoms with Crippen LogP contribution in [-0.2, 0) is 11.2 Å². The molecule has 0 aliphatic carbocycles. The van der Waals surface area contributed by atoms with Crippen molar-refractivity contribution in [2.24, 2.45) is 5.73 Å². The number of benzene rings is 2. The van der Waals surface area contributed by atoms with Crippen molar-refractivity contribution < 1.29 is 4.79 Å². The quantitative estimate of drug-likeness (QED) is 0.898. The van der Waals surface area contributed by atoms with Crippen LogP contribution >= 0.6 is 0 Å². The van der Waals surface area contributed by atoms with Crippen LogP contribution in [0.15, 0.2) is 42.5 Å². The molecule has 2 nitrogen and oxygen atoms in total. The molecule has 96 valence electrons. The summed E-state index contributed by atoms with van der Waals surface area (Å²) in [7, 11) is 0. The number of carbonyl (C=O) groups excluding carboxylic acids is 1. The van der Waals surface area contributed by atoms with Crippen molar-refractivity contribution in [2.45, 2.75) is 33.2 Å². The number of Topliss-reactive ketones (excluding diaryl/α,β-unsaturated/α-hetero) is 1. The molecule has 18 heavy (non-hydrogen) atoms. The van der Waals surface area contributed by atoms with E-state index in [1.54, 1.807) is 0 Å². The highest BCUT2D eigenvalue weighted by Gasteiger charge is 2.08. The second-order valence-corrected chi connectivity index (χ2v) is 4.10. The van der Waals surface area contributed by atoms with Crippen molar-refractivity contribution in [2.75, 3.05) is 0 Å². The fraction of sp³-hybridized carbons (Fsp3) is 0.312. The average Bonchev–Trinajstić information content (AvgIpc) is 2.41. The van der Waals surface area contributed by atoms with E-state index in [9.17, 15) is 4.79 Å². The lowest BCUT2D eigenvalue weighted by Gasteiger charge is -2.08. The van der Waals surface area contributed by atoms with E-state index in [0.717, 1.165) is 5.56 Å². The predicted molar refractivity (Wildman–Crippen MR) is 77.7 cm³/mol. The first-order chi connectivity index (χ1) is 8.66. The lowest BCUT2D eigenvalue weighted by Crippen LogP contribution is -2.30. The molecule has 2 N–H and O–H groups in total. The van der Waals surface area contributed by atoms with Gasteiger partial charge in [0.2, 0.25) is 0 Å². The Hall–Kier alpha value is -1.67. The van der Waals surface area contributed by atoms with Crippen molar-refractivity contribution in [1.29, 1.82) is 0 Å². The number of ketones is 1. The Morgan fingerprint density at radius 3 is 2.33 bits per heavy atom. The van der Waals surface area contributed by atoms with Gasteiger partial charge in [-0.25, -0.2) is 0 Å². The van der Waals surface area contributed by atoms with E-state index in [-0.39, 0.29) is 11.8 Å². The second kappa shape index (κ2) is 6.92.